The van der Waals surface area contributed by atoms with E-state index in [0.717, 1.165) is 5.57 Å². The van der Waals surface area contributed by atoms with Gasteiger partial charge in [0, 0.05) is 0 Å². The van der Waals surface area contributed by atoms with Crippen LogP contribution in [0, 0.1) is 5.82 Å². The molecule has 70 valence electrons. The highest BCUT2D eigenvalue weighted by atomic mass is 19.1. The summed E-state index contributed by atoms with van der Waals surface area (Å²) in [5.41, 5.74) is 1.16. The first-order chi connectivity index (χ1) is 6.22. The Hall–Kier alpha value is -1.31. The molecule has 0 N–H and O–H groups in total. The second kappa shape index (κ2) is 4.65. The molecule has 1 nitrogen and oxygen atoms in total. The van der Waals surface area contributed by atoms with Crippen LogP contribution in [-0.2, 0) is 0 Å². The Morgan fingerprint density at radius 3 is 2.54 bits per heavy atom. The van der Waals surface area contributed by atoms with Crippen LogP contribution < -0.4 is 4.74 Å². The zero-order valence-electron chi connectivity index (χ0n) is 7.88. The second-order valence-electron chi connectivity index (χ2n) is 2.88. The van der Waals surface area contributed by atoms with Crippen molar-refractivity contribution in [2.75, 3.05) is 6.61 Å². The topological polar surface area (TPSA) is 9.23 Å². The maximum atomic E-state index is 12.5. The van der Waals surface area contributed by atoms with Crippen LogP contribution in [-0.4, -0.2) is 6.61 Å². The number of hydrogen-bond donors (Lipinski definition) is 0. The minimum atomic E-state index is -0.241. The SMILES string of the molecule is C/C=C(\C)COc1ccc(F)cc1. The molecule has 0 saturated heterocycles. The van der Waals surface area contributed by atoms with Gasteiger partial charge in [-0.25, -0.2) is 4.39 Å². The number of benzene rings is 1. The molecule has 0 radical (unpaired) electrons. The Balaban J connectivity index is 2.51. The lowest BCUT2D eigenvalue weighted by molar-refractivity contribution is 0.351. The smallest absolute Gasteiger partial charge is 0.123 e. The molecule has 0 aliphatic carbocycles. The van der Waals surface area contributed by atoms with E-state index in [1.165, 1.54) is 12.1 Å². The Morgan fingerprint density at radius 1 is 1.38 bits per heavy atom. The Labute approximate surface area is 77.8 Å². The normalized spacial score (nSPS) is 11.5. The molecular weight excluding hydrogens is 167 g/mol. The van der Waals surface area contributed by atoms with Gasteiger partial charge >= 0.3 is 0 Å². The predicted molar refractivity (Wildman–Crippen MR) is 51.3 cm³/mol. The van der Waals surface area contributed by atoms with Crippen molar-refractivity contribution in [2.45, 2.75) is 13.8 Å². The zero-order valence-corrected chi connectivity index (χ0v) is 7.88. The third kappa shape index (κ3) is 3.28. The van der Waals surface area contributed by atoms with Crippen LogP contribution in [0.25, 0.3) is 0 Å². The van der Waals surface area contributed by atoms with Gasteiger partial charge in [-0.1, -0.05) is 6.08 Å². The summed E-state index contributed by atoms with van der Waals surface area (Å²) >= 11 is 0. The Kier molecular flexibility index (Phi) is 3.50. The van der Waals surface area contributed by atoms with Crippen LogP contribution in [0.2, 0.25) is 0 Å². The third-order valence-corrected chi connectivity index (χ3v) is 1.77. The van der Waals surface area contributed by atoms with E-state index < -0.39 is 0 Å². The minimum Gasteiger partial charge on any atom is -0.489 e. The lowest BCUT2D eigenvalue weighted by Crippen LogP contribution is -1.97. The van der Waals surface area contributed by atoms with Gasteiger partial charge in [0.05, 0.1) is 0 Å². The highest BCUT2D eigenvalue weighted by Gasteiger charge is 1.94. The van der Waals surface area contributed by atoms with Gasteiger partial charge in [0.2, 0.25) is 0 Å². The van der Waals surface area contributed by atoms with Crippen LogP contribution >= 0.6 is 0 Å². The number of hydrogen-bond acceptors (Lipinski definition) is 1. The Morgan fingerprint density at radius 2 is 2.00 bits per heavy atom. The van der Waals surface area contributed by atoms with E-state index in [1.807, 2.05) is 19.9 Å². The van der Waals surface area contributed by atoms with E-state index in [1.54, 1.807) is 12.1 Å². The van der Waals surface area contributed by atoms with Crippen molar-refractivity contribution in [3.05, 3.63) is 41.7 Å². The monoisotopic (exact) mass is 180 g/mol. The molecule has 0 amide bonds. The molecule has 13 heavy (non-hydrogen) atoms. The summed E-state index contributed by atoms with van der Waals surface area (Å²) in [4.78, 5) is 0. The molecule has 1 rings (SSSR count). The summed E-state index contributed by atoms with van der Waals surface area (Å²) in [6.07, 6.45) is 1.99. The molecule has 1 aromatic rings. The Bertz CT molecular complexity index is 287. The van der Waals surface area contributed by atoms with E-state index >= 15 is 0 Å². The number of allylic oxidation sites excluding steroid dienone is 1. The fourth-order valence-electron chi connectivity index (χ4n) is 0.811. The average molecular weight is 180 g/mol. The predicted octanol–water partition coefficient (Wildman–Crippen LogP) is 3.17. The van der Waals surface area contributed by atoms with E-state index in [2.05, 4.69) is 0 Å². The van der Waals surface area contributed by atoms with Gasteiger partial charge in [0.25, 0.3) is 0 Å². The fraction of sp³-hybridized carbons (Fsp3) is 0.273. The van der Waals surface area contributed by atoms with Gasteiger partial charge < -0.3 is 4.74 Å². The highest BCUT2D eigenvalue weighted by Crippen LogP contribution is 2.11. The van der Waals surface area contributed by atoms with E-state index in [9.17, 15) is 4.39 Å². The van der Waals surface area contributed by atoms with Gasteiger partial charge in [-0.05, 0) is 43.7 Å². The van der Waals surface area contributed by atoms with Gasteiger partial charge in [-0.15, -0.1) is 0 Å². The summed E-state index contributed by atoms with van der Waals surface area (Å²) in [7, 11) is 0. The molecule has 0 aromatic heterocycles. The summed E-state index contributed by atoms with van der Waals surface area (Å²) < 4.78 is 17.9. The first-order valence-corrected chi connectivity index (χ1v) is 4.22. The summed E-state index contributed by atoms with van der Waals surface area (Å²) in [5, 5.41) is 0. The summed E-state index contributed by atoms with van der Waals surface area (Å²) in [6.45, 7) is 4.51. The second-order valence-corrected chi connectivity index (χ2v) is 2.88. The molecule has 0 spiro atoms. The molecule has 2 heteroatoms. The van der Waals surface area contributed by atoms with Crippen molar-refractivity contribution >= 4 is 0 Å². The van der Waals surface area contributed by atoms with Crippen molar-refractivity contribution < 1.29 is 9.13 Å². The maximum Gasteiger partial charge on any atom is 0.123 e. The van der Waals surface area contributed by atoms with Crippen LogP contribution in [0.15, 0.2) is 35.9 Å². The van der Waals surface area contributed by atoms with Crippen molar-refractivity contribution in [3.63, 3.8) is 0 Å². The number of halogens is 1. The molecule has 0 heterocycles. The van der Waals surface area contributed by atoms with Gasteiger partial charge in [0.1, 0.15) is 18.2 Å². The first-order valence-electron chi connectivity index (χ1n) is 4.22. The molecule has 0 fully saturated rings. The molecular formula is C11H13FO. The quantitative estimate of drug-likeness (QED) is 0.649. The van der Waals surface area contributed by atoms with Crippen molar-refractivity contribution in [2.24, 2.45) is 0 Å². The molecule has 0 saturated carbocycles. The molecule has 0 aliphatic heterocycles. The van der Waals surface area contributed by atoms with Crippen LogP contribution in [0.5, 0.6) is 5.75 Å². The summed E-state index contributed by atoms with van der Waals surface area (Å²) in [6, 6.07) is 6.02. The molecule has 0 bridgehead atoms. The standard InChI is InChI=1S/C11H13FO/c1-3-9(2)8-13-11-6-4-10(12)5-7-11/h3-7H,8H2,1-2H3/b9-3+. The van der Waals surface area contributed by atoms with Gasteiger partial charge in [0.15, 0.2) is 0 Å². The van der Waals surface area contributed by atoms with Crippen molar-refractivity contribution in [3.8, 4) is 5.75 Å². The van der Waals surface area contributed by atoms with Gasteiger partial charge in [-0.2, -0.15) is 0 Å². The molecule has 0 unspecified atom stereocenters. The number of rotatable bonds is 3. The fourth-order valence-corrected chi connectivity index (χ4v) is 0.811. The van der Waals surface area contributed by atoms with Gasteiger partial charge in [-0.3, -0.25) is 0 Å². The maximum absolute atomic E-state index is 12.5. The van der Waals surface area contributed by atoms with Crippen LogP contribution in [0.3, 0.4) is 0 Å². The average Bonchev–Trinajstić information content (AvgIpc) is 2.16. The third-order valence-electron chi connectivity index (χ3n) is 1.77. The summed E-state index contributed by atoms with van der Waals surface area (Å²) in [5.74, 6) is 0.456. The first kappa shape index (κ1) is 9.78. The van der Waals surface area contributed by atoms with E-state index in [-0.39, 0.29) is 5.82 Å². The van der Waals surface area contributed by atoms with E-state index in [0.29, 0.717) is 12.4 Å². The molecule has 1 aromatic carbocycles. The van der Waals surface area contributed by atoms with Crippen LogP contribution in [0.4, 0.5) is 4.39 Å². The molecule has 0 aliphatic rings. The molecule has 0 atom stereocenters. The zero-order chi connectivity index (χ0) is 9.68. The van der Waals surface area contributed by atoms with E-state index in [4.69, 9.17) is 4.74 Å². The van der Waals surface area contributed by atoms with Crippen LogP contribution in [0.1, 0.15) is 13.8 Å². The van der Waals surface area contributed by atoms with Crippen molar-refractivity contribution in [1.82, 2.24) is 0 Å². The largest absolute Gasteiger partial charge is 0.489 e. The highest BCUT2D eigenvalue weighted by molar-refractivity contribution is 5.22. The minimum absolute atomic E-state index is 0.241. The number of ether oxygens (including phenoxy) is 1. The van der Waals surface area contributed by atoms with Crippen molar-refractivity contribution in [1.29, 1.82) is 0 Å². The lowest BCUT2D eigenvalue weighted by atomic mass is 10.3. The lowest BCUT2D eigenvalue weighted by Gasteiger charge is -2.05.